The van der Waals surface area contributed by atoms with Crippen LogP contribution in [0.25, 0.3) is 0 Å². The molecule has 1 saturated heterocycles. The van der Waals surface area contributed by atoms with E-state index < -0.39 is 0 Å². The maximum Gasteiger partial charge on any atom is 0.217 e. The predicted octanol–water partition coefficient (Wildman–Crippen LogP) is 2.92. The third-order valence-electron chi connectivity index (χ3n) is 3.44. The lowest BCUT2D eigenvalue weighted by Gasteiger charge is -2.21. The van der Waals surface area contributed by atoms with Gasteiger partial charge in [0.1, 0.15) is 10.4 Å². The number of aromatic nitrogens is 2. The van der Waals surface area contributed by atoms with Crippen molar-refractivity contribution in [1.82, 2.24) is 9.97 Å². The maximum atomic E-state index is 5.81. The van der Waals surface area contributed by atoms with Gasteiger partial charge in [0.15, 0.2) is 0 Å². The molecule has 5 heteroatoms. The average molecular weight is 313 g/mol. The first kappa shape index (κ1) is 12.4. The molecule has 2 heterocycles. The summed E-state index contributed by atoms with van der Waals surface area (Å²) >= 11 is 3.42. The fourth-order valence-corrected chi connectivity index (χ4v) is 2.51. The van der Waals surface area contributed by atoms with Gasteiger partial charge in [-0.05, 0) is 47.5 Å². The normalized spacial score (nSPS) is 20.9. The highest BCUT2D eigenvalue weighted by atomic mass is 79.9. The third-order valence-corrected chi connectivity index (χ3v) is 3.85. The average Bonchev–Trinajstić information content (AvgIpc) is 3.21. The number of rotatable bonds is 4. The van der Waals surface area contributed by atoms with E-state index in [-0.39, 0.29) is 0 Å². The van der Waals surface area contributed by atoms with Crippen molar-refractivity contribution in [3.8, 4) is 5.88 Å². The van der Waals surface area contributed by atoms with Gasteiger partial charge in [-0.3, -0.25) is 0 Å². The van der Waals surface area contributed by atoms with Gasteiger partial charge in [-0.15, -0.1) is 0 Å². The van der Waals surface area contributed by atoms with Gasteiger partial charge < -0.3 is 9.47 Å². The number of ether oxygens (including phenoxy) is 2. The number of nitrogens with zero attached hydrogens (tertiary/aromatic N) is 2. The van der Waals surface area contributed by atoms with E-state index in [1.54, 1.807) is 0 Å². The molecule has 98 valence electrons. The van der Waals surface area contributed by atoms with Crippen LogP contribution in [0, 0.1) is 5.92 Å². The molecule has 0 unspecified atom stereocenters. The van der Waals surface area contributed by atoms with Crippen molar-refractivity contribution in [2.24, 2.45) is 5.92 Å². The van der Waals surface area contributed by atoms with Crippen molar-refractivity contribution in [1.29, 1.82) is 0 Å². The van der Waals surface area contributed by atoms with Crippen LogP contribution in [-0.4, -0.2) is 29.8 Å². The Kier molecular flexibility index (Phi) is 3.80. The van der Waals surface area contributed by atoms with Gasteiger partial charge in [0.2, 0.25) is 5.88 Å². The van der Waals surface area contributed by atoms with Crippen LogP contribution in [-0.2, 0) is 4.74 Å². The van der Waals surface area contributed by atoms with Crippen LogP contribution in [0.15, 0.2) is 10.7 Å². The topological polar surface area (TPSA) is 44.2 Å². The smallest absolute Gasteiger partial charge is 0.217 e. The van der Waals surface area contributed by atoms with Gasteiger partial charge in [0.25, 0.3) is 0 Å². The van der Waals surface area contributed by atoms with Gasteiger partial charge in [-0.2, -0.15) is 4.98 Å². The van der Waals surface area contributed by atoms with Crippen molar-refractivity contribution < 1.29 is 9.47 Å². The van der Waals surface area contributed by atoms with Crippen LogP contribution < -0.4 is 4.74 Å². The van der Waals surface area contributed by atoms with Gasteiger partial charge in [-0.1, -0.05) is 0 Å². The molecule has 1 aromatic heterocycles. The summed E-state index contributed by atoms with van der Waals surface area (Å²) in [5.41, 5.74) is 0. The fourth-order valence-electron chi connectivity index (χ4n) is 2.13. The summed E-state index contributed by atoms with van der Waals surface area (Å²) < 4.78 is 12.0. The molecule has 0 aromatic carbocycles. The van der Waals surface area contributed by atoms with E-state index in [1.807, 2.05) is 6.07 Å². The highest BCUT2D eigenvalue weighted by molar-refractivity contribution is 9.10. The molecule has 18 heavy (non-hydrogen) atoms. The number of hydrogen-bond acceptors (Lipinski definition) is 4. The van der Waals surface area contributed by atoms with E-state index >= 15 is 0 Å². The van der Waals surface area contributed by atoms with Crippen LogP contribution in [0.5, 0.6) is 5.88 Å². The lowest BCUT2D eigenvalue weighted by atomic mass is 10.0. The second-order valence-electron chi connectivity index (χ2n) is 5.03. The molecule has 1 aliphatic carbocycles. The Morgan fingerprint density at radius 1 is 1.22 bits per heavy atom. The minimum absolute atomic E-state index is 0.549. The molecular weight excluding hydrogens is 296 g/mol. The van der Waals surface area contributed by atoms with Crippen molar-refractivity contribution in [2.45, 2.75) is 31.6 Å². The Morgan fingerprint density at radius 3 is 2.72 bits per heavy atom. The number of hydrogen-bond donors (Lipinski definition) is 0. The molecule has 1 aromatic rings. The first-order valence-corrected chi connectivity index (χ1v) is 7.35. The van der Waals surface area contributed by atoms with Crippen LogP contribution in [0.2, 0.25) is 0 Å². The van der Waals surface area contributed by atoms with E-state index in [1.165, 1.54) is 12.8 Å². The molecule has 0 spiro atoms. The summed E-state index contributed by atoms with van der Waals surface area (Å²) in [6.45, 7) is 2.44. The molecule has 1 saturated carbocycles. The summed E-state index contributed by atoms with van der Waals surface area (Å²) in [6, 6.07) is 1.85. The quantitative estimate of drug-likeness (QED) is 0.802. The lowest BCUT2D eigenvalue weighted by Crippen LogP contribution is -2.21. The van der Waals surface area contributed by atoms with Crippen LogP contribution in [0.1, 0.15) is 37.4 Å². The predicted molar refractivity (Wildman–Crippen MR) is 70.7 cm³/mol. The van der Waals surface area contributed by atoms with Crippen LogP contribution >= 0.6 is 15.9 Å². The summed E-state index contributed by atoms with van der Waals surface area (Å²) in [5.74, 6) is 2.77. The summed E-state index contributed by atoms with van der Waals surface area (Å²) in [7, 11) is 0. The molecule has 3 rings (SSSR count). The van der Waals surface area contributed by atoms with E-state index in [0.29, 0.717) is 17.7 Å². The van der Waals surface area contributed by atoms with Crippen LogP contribution in [0.3, 0.4) is 0 Å². The maximum absolute atomic E-state index is 5.81. The van der Waals surface area contributed by atoms with Gasteiger partial charge >= 0.3 is 0 Å². The Bertz CT molecular complexity index is 417. The minimum Gasteiger partial charge on any atom is -0.477 e. The largest absolute Gasteiger partial charge is 0.477 e. The highest BCUT2D eigenvalue weighted by Crippen LogP contribution is 2.39. The monoisotopic (exact) mass is 312 g/mol. The molecule has 0 bridgehead atoms. The molecule has 0 radical (unpaired) electrons. The lowest BCUT2D eigenvalue weighted by molar-refractivity contribution is 0.0489. The second-order valence-corrected chi connectivity index (χ2v) is 5.84. The first-order chi connectivity index (χ1) is 8.81. The molecule has 2 aliphatic rings. The van der Waals surface area contributed by atoms with Gasteiger partial charge in [0, 0.05) is 25.2 Å². The Labute approximate surface area is 115 Å². The van der Waals surface area contributed by atoms with Crippen molar-refractivity contribution >= 4 is 15.9 Å². The fraction of sp³-hybridized carbons (Fsp3) is 0.692. The van der Waals surface area contributed by atoms with E-state index in [4.69, 9.17) is 9.47 Å². The zero-order chi connectivity index (χ0) is 12.4. The van der Waals surface area contributed by atoms with Gasteiger partial charge in [0.05, 0.1) is 6.61 Å². The summed E-state index contributed by atoms with van der Waals surface area (Å²) in [5, 5.41) is 0. The van der Waals surface area contributed by atoms with E-state index in [0.717, 1.165) is 43.1 Å². The zero-order valence-electron chi connectivity index (χ0n) is 10.3. The molecule has 2 fully saturated rings. The summed E-state index contributed by atoms with van der Waals surface area (Å²) in [6.07, 6.45) is 4.58. The van der Waals surface area contributed by atoms with Crippen molar-refractivity contribution in [2.75, 3.05) is 19.8 Å². The molecule has 0 N–H and O–H groups in total. The molecule has 1 aliphatic heterocycles. The van der Waals surface area contributed by atoms with Gasteiger partial charge in [-0.25, -0.2) is 4.98 Å². The number of halogens is 1. The van der Waals surface area contributed by atoms with Crippen molar-refractivity contribution in [3.05, 3.63) is 16.5 Å². The molecule has 0 atom stereocenters. The molecule has 0 amide bonds. The standard InChI is InChI=1S/C13H17BrN2O2/c14-11-7-12(16-13(15-11)10-1-2-10)18-8-9-3-5-17-6-4-9/h7,9-10H,1-6,8H2. The molecular formula is C13H17BrN2O2. The molecule has 4 nitrogen and oxygen atoms in total. The minimum atomic E-state index is 0.549. The van der Waals surface area contributed by atoms with Crippen molar-refractivity contribution in [3.63, 3.8) is 0 Å². The second kappa shape index (κ2) is 5.53. The SMILES string of the molecule is Brc1cc(OCC2CCOCC2)nc(C2CC2)n1. The highest BCUT2D eigenvalue weighted by Gasteiger charge is 2.27. The summed E-state index contributed by atoms with van der Waals surface area (Å²) in [4.78, 5) is 8.88. The van der Waals surface area contributed by atoms with E-state index in [2.05, 4.69) is 25.9 Å². The third kappa shape index (κ3) is 3.20. The van der Waals surface area contributed by atoms with E-state index in [9.17, 15) is 0 Å². The zero-order valence-corrected chi connectivity index (χ0v) is 11.9. The Hall–Kier alpha value is -0.680. The van der Waals surface area contributed by atoms with Crippen LogP contribution in [0.4, 0.5) is 0 Å². The first-order valence-electron chi connectivity index (χ1n) is 6.56. The Balaban J connectivity index is 1.60. The Morgan fingerprint density at radius 2 is 2.00 bits per heavy atom.